The van der Waals surface area contributed by atoms with Crippen molar-refractivity contribution in [3.63, 3.8) is 0 Å². The number of benzene rings is 2. The first kappa shape index (κ1) is 21.4. The van der Waals surface area contributed by atoms with Gasteiger partial charge in [0.05, 0.1) is 16.8 Å². The number of rotatable bonds is 4. The highest BCUT2D eigenvalue weighted by Crippen LogP contribution is 2.32. The summed E-state index contributed by atoms with van der Waals surface area (Å²) in [6, 6.07) is 14.4. The van der Waals surface area contributed by atoms with Gasteiger partial charge in [0, 0.05) is 45.0 Å². The molecule has 2 aliphatic heterocycles. The Hall–Kier alpha value is -1.86. The average Bonchev–Trinajstić information content (AvgIpc) is 2.98. The molecule has 1 amide bonds. The first-order valence-electron chi connectivity index (χ1n) is 10.1. The van der Waals surface area contributed by atoms with E-state index in [1.54, 1.807) is 17.1 Å². The number of piperazine rings is 1. The van der Waals surface area contributed by atoms with Crippen molar-refractivity contribution >= 4 is 40.5 Å². The van der Waals surface area contributed by atoms with E-state index >= 15 is 0 Å². The maximum Gasteiger partial charge on any atom is 0.261 e. The molecule has 8 heteroatoms. The van der Waals surface area contributed by atoms with Gasteiger partial charge in [-0.3, -0.25) is 9.69 Å². The quantitative estimate of drug-likeness (QED) is 0.661. The highest BCUT2D eigenvalue weighted by Gasteiger charge is 2.48. The van der Waals surface area contributed by atoms with Crippen LogP contribution >= 0.6 is 23.2 Å². The Balaban J connectivity index is 1.44. The van der Waals surface area contributed by atoms with Crippen molar-refractivity contribution < 1.29 is 9.18 Å². The summed E-state index contributed by atoms with van der Waals surface area (Å²) >= 11 is 12.6. The van der Waals surface area contributed by atoms with Crippen LogP contribution in [0.3, 0.4) is 0 Å². The first-order chi connectivity index (χ1) is 14.4. The van der Waals surface area contributed by atoms with E-state index in [1.807, 2.05) is 42.4 Å². The van der Waals surface area contributed by atoms with Crippen molar-refractivity contribution in [2.45, 2.75) is 24.4 Å². The van der Waals surface area contributed by atoms with E-state index in [-0.39, 0.29) is 23.0 Å². The van der Waals surface area contributed by atoms with Crippen molar-refractivity contribution in [1.82, 2.24) is 9.91 Å². The van der Waals surface area contributed by atoms with Crippen LogP contribution in [-0.2, 0) is 4.79 Å². The average molecular weight is 451 g/mol. The minimum Gasteiger partial charge on any atom is -0.369 e. The highest BCUT2D eigenvalue weighted by atomic mass is 35.5. The van der Waals surface area contributed by atoms with Crippen LogP contribution in [-0.4, -0.2) is 66.5 Å². The number of nitrogens with zero attached hydrogens (tertiary/aromatic N) is 4. The number of hydrazine groups is 1. The Labute approximate surface area is 186 Å². The monoisotopic (exact) mass is 450 g/mol. The molecule has 3 unspecified atom stereocenters. The summed E-state index contributed by atoms with van der Waals surface area (Å²) in [6.07, 6.45) is 0. The number of halogens is 3. The zero-order valence-corrected chi connectivity index (χ0v) is 18.5. The van der Waals surface area contributed by atoms with Crippen molar-refractivity contribution in [1.29, 1.82) is 0 Å². The molecule has 0 N–H and O–H groups in total. The molecule has 2 aliphatic rings. The van der Waals surface area contributed by atoms with Gasteiger partial charge >= 0.3 is 0 Å². The van der Waals surface area contributed by atoms with Gasteiger partial charge in [0.25, 0.3) is 5.91 Å². The van der Waals surface area contributed by atoms with E-state index in [4.69, 9.17) is 23.2 Å². The summed E-state index contributed by atoms with van der Waals surface area (Å²) in [5, 5.41) is 3.17. The lowest BCUT2D eigenvalue weighted by molar-refractivity contribution is -0.117. The number of carbonyl (C=O) groups excluding carboxylic acids is 1. The number of anilines is 2. The normalized spacial score (nSPS) is 24.5. The van der Waals surface area contributed by atoms with Crippen LogP contribution in [0.15, 0.2) is 48.5 Å². The maximum atomic E-state index is 13.5. The van der Waals surface area contributed by atoms with Crippen LogP contribution < -0.4 is 9.91 Å². The SMILES string of the molecule is CC(C1C(Cl)C(=O)N(c2ccccc2)N1C)N1CCN(c2ccc(F)c(Cl)c2)CC1. The molecular weight excluding hydrogens is 426 g/mol. The molecule has 30 heavy (non-hydrogen) atoms. The number of para-hydroxylation sites is 1. The molecule has 0 aromatic heterocycles. The number of alkyl halides is 1. The molecule has 2 saturated heterocycles. The van der Waals surface area contributed by atoms with E-state index in [1.165, 1.54) is 6.07 Å². The van der Waals surface area contributed by atoms with Crippen LogP contribution in [0.1, 0.15) is 6.92 Å². The number of hydrogen-bond donors (Lipinski definition) is 0. The Morgan fingerprint density at radius 1 is 1.03 bits per heavy atom. The summed E-state index contributed by atoms with van der Waals surface area (Å²) < 4.78 is 13.5. The van der Waals surface area contributed by atoms with Gasteiger partial charge in [0.2, 0.25) is 0 Å². The van der Waals surface area contributed by atoms with Gasteiger partial charge in [-0.1, -0.05) is 29.8 Å². The van der Waals surface area contributed by atoms with E-state index in [0.29, 0.717) is 0 Å². The second kappa shape index (κ2) is 8.71. The van der Waals surface area contributed by atoms with Gasteiger partial charge in [0.1, 0.15) is 11.2 Å². The molecule has 0 aliphatic carbocycles. The minimum absolute atomic E-state index is 0.0918. The van der Waals surface area contributed by atoms with Crippen molar-refractivity contribution in [2.24, 2.45) is 0 Å². The predicted molar refractivity (Wildman–Crippen MR) is 120 cm³/mol. The Bertz CT molecular complexity index is 907. The molecule has 3 atom stereocenters. The Kier molecular flexibility index (Phi) is 6.21. The van der Waals surface area contributed by atoms with Gasteiger partial charge in [-0.15, -0.1) is 11.6 Å². The van der Waals surface area contributed by atoms with Gasteiger partial charge < -0.3 is 4.90 Å². The van der Waals surface area contributed by atoms with Crippen LogP contribution in [0.4, 0.5) is 15.8 Å². The summed E-state index contributed by atoms with van der Waals surface area (Å²) in [4.78, 5) is 17.5. The molecule has 0 saturated carbocycles. The van der Waals surface area contributed by atoms with Crippen LogP contribution in [0.2, 0.25) is 5.02 Å². The summed E-state index contributed by atoms with van der Waals surface area (Å²) in [6.45, 7) is 5.37. The van der Waals surface area contributed by atoms with E-state index in [0.717, 1.165) is 37.6 Å². The third kappa shape index (κ3) is 3.89. The molecule has 2 aromatic rings. The van der Waals surface area contributed by atoms with E-state index < -0.39 is 11.2 Å². The van der Waals surface area contributed by atoms with Gasteiger partial charge in [-0.25, -0.2) is 14.4 Å². The van der Waals surface area contributed by atoms with Gasteiger partial charge in [-0.2, -0.15) is 0 Å². The zero-order valence-electron chi connectivity index (χ0n) is 17.0. The third-order valence-electron chi connectivity index (χ3n) is 6.15. The maximum absolute atomic E-state index is 13.5. The van der Waals surface area contributed by atoms with E-state index in [2.05, 4.69) is 16.7 Å². The number of amides is 1. The summed E-state index contributed by atoms with van der Waals surface area (Å²) in [5.74, 6) is -0.500. The van der Waals surface area contributed by atoms with Crippen LogP contribution in [0, 0.1) is 5.82 Å². The molecule has 160 valence electrons. The topological polar surface area (TPSA) is 30.0 Å². The number of carbonyl (C=O) groups is 1. The second-order valence-electron chi connectivity index (χ2n) is 7.81. The standard InChI is InChI=1S/C22H25Cl2FN4O/c1-15(21-20(24)22(30)29(26(21)2)16-6-4-3-5-7-16)27-10-12-28(13-11-27)17-8-9-19(25)18(23)14-17/h3-9,14-15,20-21H,10-13H2,1-2H3. The third-order valence-corrected chi connectivity index (χ3v) is 6.88. The van der Waals surface area contributed by atoms with Crippen molar-refractivity contribution in [2.75, 3.05) is 43.1 Å². The number of hydrogen-bond acceptors (Lipinski definition) is 4. The predicted octanol–water partition coefficient (Wildman–Crippen LogP) is 3.86. The minimum atomic E-state index is -0.612. The lowest BCUT2D eigenvalue weighted by Crippen LogP contribution is -2.57. The molecule has 5 nitrogen and oxygen atoms in total. The first-order valence-corrected chi connectivity index (χ1v) is 10.9. The van der Waals surface area contributed by atoms with E-state index in [9.17, 15) is 9.18 Å². The molecule has 0 radical (unpaired) electrons. The fraction of sp³-hybridized carbons (Fsp3) is 0.409. The summed E-state index contributed by atoms with van der Waals surface area (Å²) in [7, 11) is 1.92. The molecule has 2 aromatic carbocycles. The fourth-order valence-corrected chi connectivity index (χ4v) is 5.10. The zero-order chi connectivity index (χ0) is 21.4. The lowest BCUT2D eigenvalue weighted by Gasteiger charge is -2.42. The van der Waals surface area contributed by atoms with Crippen LogP contribution in [0.5, 0.6) is 0 Å². The Morgan fingerprint density at radius 3 is 2.33 bits per heavy atom. The molecular formula is C22H25Cl2FN4O. The van der Waals surface area contributed by atoms with Gasteiger partial charge in [-0.05, 0) is 37.3 Å². The Morgan fingerprint density at radius 2 is 1.70 bits per heavy atom. The highest BCUT2D eigenvalue weighted by molar-refractivity contribution is 6.34. The largest absolute Gasteiger partial charge is 0.369 e. The molecule has 2 fully saturated rings. The number of likely N-dealkylation sites (N-methyl/N-ethyl adjacent to an activating group) is 1. The molecule has 0 spiro atoms. The molecule has 0 bridgehead atoms. The molecule has 4 rings (SSSR count). The van der Waals surface area contributed by atoms with Crippen LogP contribution in [0.25, 0.3) is 0 Å². The van der Waals surface area contributed by atoms with Crippen molar-refractivity contribution in [3.05, 3.63) is 59.4 Å². The molecule has 2 heterocycles. The lowest BCUT2D eigenvalue weighted by atomic mass is 10.0. The van der Waals surface area contributed by atoms with Gasteiger partial charge in [0.15, 0.2) is 0 Å². The van der Waals surface area contributed by atoms with Crippen molar-refractivity contribution in [3.8, 4) is 0 Å². The smallest absolute Gasteiger partial charge is 0.261 e. The second-order valence-corrected chi connectivity index (χ2v) is 8.69. The fourth-order valence-electron chi connectivity index (χ4n) is 4.46. The summed E-state index contributed by atoms with van der Waals surface area (Å²) in [5.41, 5.74) is 1.75.